The fourth-order valence-electron chi connectivity index (χ4n) is 4.86. The van der Waals surface area contributed by atoms with Crippen LogP contribution in [0.5, 0.6) is 5.75 Å². The van der Waals surface area contributed by atoms with E-state index >= 15 is 0 Å². The number of aromatic nitrogens is 3. The number of aryl methyl sites for hydroxylation is 1. The van der Waals surface area contributed by atoms with Crippen LogP contribution in [0.4, 0.5) is 10.5 Å². The normalized spacial score (nSPS) is 14.2. The molecule has 9 nitrogen and oxygen atoms in total. The van der Waals surface area contributed by atoms with Gasteiger partial charge in [0.25, 0.3) is 0 Å². The van der Waals surface area contributed by atoms with Crippen molar-refractivity contribution in [1.82, 2.24) is 19.4 Å². The van der Waals surface area contributed by atoms with Crippen molar-refractivity contribution < 1.29 is 14.6 Å². The van der Waals surface area contributed by atoms with Crippen molar-refractivity contribution in [2.75, 3.05) is 25.5 Å². The highest BCUT2D eigenvalue weighted by Gasteiger charge is 2.27. The van der Waals surface area contributed by atoms with E-state index in [1.54, 1.807) is 24.3 Å². The van der Waals surface area contributed by atoms with Crippen LogP contribution in [-0.4, -0.2) is 50.8 Å². The number of nitrogens with one attached hydrogen (secondary N) is 2. The SMILES string of the molecule is COc1cc(NC(=O)N2CCC(n3c(=O)[nH]c4c(-c5ccc(CO)nc5)cccc43)CC2)ccc1C. The molecule has 4 aromatic rings. The summed E-state index contributed by atoms with van der Waals surface area (Å²) in [6, 6.07) is 14.9. The summed E-state index contributed by atoms with van der Waals surface area (Å²) in [4.78, 5) is 34.9. The molecule has 3 N–H and O–H groups in total. The molecular formula is C27H29N5O4. The molecule has 5 rings (SSSR count). The average Bonchev–Trinajstić information content (AvgIpc) is 3.25. The lowest BCUT2D eigenvalue weighted by Gasteiger charge is -2.32. The number of anilines is 1. The number of para-hydroxylation sites is 1. The zero-order chi connectivity index (χ0) is 25.2. The summed E-state index contributed by atoms with van der Waals surface area (Å²) in [6.07, 6.45) is 3.06. The van der Waals surface area contributed by atoms with Crippen LogP contribution in [0.2, 0.25) is 0 Å². The third kappa shape index (κ3) is 4.45. The van der Waals surface area contributed by atoms with Crippen molar-refractivity contribution in [2.24, 2.45) is 0 Å². The van der Waals surface area contributed by atoms with Crippen molar-refractivity contribution >= 4 is 22.8 Å². The van der Waals surface area contributed by atoms with Crippen LogP contribution in [0.3, 0.4) is 0 Å². The van der Waals surface area contributed by atoms with Gasteiger partial charge in [0, 0.05) is 48.2 Å². The summed E-state index contributed by atoms with van der Waals surface area (Å²) >= 11 is 0. The highest BCUT2D eigenvalue weighted by atomic mass is 16.5. The Kier molecular flexibility index (Phi) is 6.47. The Morgan fingerprint density at radius 1 is 1.19 bits per heavy atom. The Hall–Kier alpha value is -4.11. The maximum atomic E-state index is 13.0. The van der Waals surface area contributed by atoms with E-state index in [1.165, 1.54) is 0 Å². The van der Waals surface area contributed by atoms with E-state index in [2.05, 4.69) is 15.3 Å². The molecule has 2 aromatic carbocycles. The summed E-state index contributed by atoms with van der Waals surface area (Å²) < 4.78 is 7.16. The Labute approximate surface area is 208 Å². The number of rotatable bonds is 5. The molecule has 0 atom stereocenters. The van der Waals surface area contributed by atoms with Crippen LogP contribution < -0.4 is 15.7 Å². The van der Waals surface area contributed by atoms with E-state index in [0.717, 1.165) is 33.5 Å². The number of amides is 2. The number of imidazole rings is 1. The van der Waals surface area contributed by atoms with Gasteiger partial charge in [-0.25, -0.2) is 9.59 Å². The number of H-pyrrole nitrogens is 1. The van der Waals surface area contributed by atoms with Gasteiger partial charge in [-0.2, -0.15) is 0 Å². The molecule has 36 heavy (non-hydrogen) atoms. The summed E-state index contributed by atoms with van der Waals surface area (Å²) in [7, 11) is 1.61. The molecule has 0 unspecified atom stereocenters. The predicted octanol–water partition coefficient (Wildman–Crippen LogP) is 4.07. The predicted molar refractivity (Wildman–Crippen MR) is 138 cm³/mol. The van der Waals surface area contributed by atoms with Gasteiger partial charge in [0.2, 0.25) is 0 Å². The van der Waals surface area contributed by atoms with Gasteiger partial charge in [0.1, 0.15) is 5.75 Å². The third-order valence-corrected chi connectivity index (χ3v) is 6.83. The molecule has 1 aliphatic rings. The van der Waals surface area contributed by atoms with Gasteiger partial charge < -0.3 is 25.0 Å². The van der Waals surface area contributed by atoms with Crippen LogP contribution in [-0.2, 0) is 6.61 Å². The van der Waals surface area contributed by atoms with Gasteiger partial charge in [-0.15, -0.1) is 0 Å². The van der Waals surface area contributed by atoms with Crippen molar-refractivity contribution in [3.63, 3.8) is 0 Å². The second kappa shape index (κ2) is 9.87. The highest BCUT2D eigenvalue weighted by molar-refractivity contribution is 5.92. The maximum Gasteiger partial charge on any atom is 0.326 e. The highest BCUT2D eigenvalue weighted by Crippen LogP contribution is 2.30. The number of urea groups is 1. The lowest BCUT2D eigenvalue weighted by molar-refractivity contribution is 0.184. The van der Waals surface area contributed by atoms with Crippen molar-refractivity contribution in [3.05, 3.63) is 76.5 Å². The number of hydrogen-bond acceptors (Lipinski definition) is 5. The Balaban J connectivity index is 1.32. The molecule has 1 fully saturated rings. The first-order valence-electron chi connectivity index (χ1n) is 12.0. The summed E-state index contributed by atoms with van der Waals surface area (Å²) in [5.41, 5.74) is 5.46. The maximum absolute atomic E-state index is 13.0. The number of ether oxygens (including phenoxy) is 1. The third-order valence-electron chi connectivity index (χ3n) is 6.83. The largest absolute Gasteiger partial charge is 0.496 e. The van der Waals surface area contributed by atoms with Gasteiger partial charge in [0.15, 0.2) is 0 Å². The number of benzene rings is 2. The fourth-order valence-corrected chi connectivity index (χ4v) is 4.86. The number of aliphatic hydroxyl groups is 1. The number of fused-ring (bicyclic) bond motifs is 1. The minimum absolute atomic E-state index is 0.0140. The standard InChI is InChI=1S/C27H29N5O4/c1-17-6-8-19(14-24(17)36-2)29-26(34)31-12-10-21(11-13-31)32-23-5-3-4-22(25(23)30-27(32)35)18-7-9-20(16-33)28-15-18/h3-9,14-15,21,33H,10-13,16H2,1-2H3,(H,29,34)(H,30,35). The molecule has 0 saturated carbocycles. The van der Waals surface area contributed by atoms with E-state index < -0.39 is 0 Å². The van der Waals surface area contributed by atoms with Gasteiger partial charge >= 0.3 is 11.7 Å². The molecule has 2 amide bonds. The molecule has 1 aliphatic heterocycles. The van der Waals surface area contributed by atoms with Crippen LogP contribution >= 0.6 is 0 Å². The van der Waals surface area contributed by atoms with Crippen molar-refractivity contribution in [1.29, 1.82) is 0 Å². The first kappa shape index (κ1) is 23.6. The van der Waals surface area contributed by atoms with E-state index in [9.17, 15) is 14.7 Å². The average molecular weight is 488 g/mol. The Morgan fingerprint density at radius 3 is 2.69 bits per heavy atom. The molecule has 0 aliphatic carbocycles. The second-order valence-corrected chi connectivity index (χ2v) is 9.03. The lowest BCUT2D eigenvalue weighted by atomic mass is 10.0. The molecule has 0 radical (unpaired) electrons. The van der Waals surface area contributed by atoms with Gasteiger partial charge in [-0.1, -0.05) is 24.3 Å². The minimum Gasteiger partial charge on any atom is -0.496 e. The molecule has 9 heteroatoms. The summed E-state index contributed by atoms with van der Waals surface area (Å²) in [5.74, 6) is 0.727. The molecule has 2 aromatic heterocycles. The van der Waals surface area contributed by atoms with Gasteiger partial charge in [-0.05, 0) is 43.5 Å². The lowest BCUT2D eigenvalue weighted by Crippen LogP contribution is -2.42. The molecule has 3 heterocycles. The van der Waals surface area contributed by atoms with Crippen LogP contribution in [0.25, 0.3) is 22.2 Å². The summed E-state index contributed by atoms with van der Waals surface area (Å²) in [5, 5.41) is 12.2. The number of pyridine rings is 1. The molecule has 186 valence electrons. The number of carbonyl (C=O) groups is 1. The van der Waals surface area contributed by atoms with Gasteiger partial charge in [-0.3, -0.25) is 9.55 Å². The Morgan fingerprint density at radius 2 is 2.00 bits per heavy atom. The summed E-state index contributed by atoms with van der Waals surface area (Å²) in [6.45, 7) is 2.93. The number of carbonyl (C=O) groups excluding carboxylic acids is 1. The number of piperidine rings is 1. The number of aliphatic hydroxyl groups excluding tert-OH is 1. The van der Waals surface area contributed by atoms with E-state index in [4.69, 9.17) is 4.74 Å². The zero-order valence-electron chi connectivity index (χ0n) is 20.3. The van der Waals surface area contributed by atoms with E-state index in [-0.39, 0.29) is 24.4 Å². The van der Waals surface area contributed by atoms with Crippen molar-refractivity contribution in [3.8, 4) is 16.9 Å². The zero-order valence-corrected chi connectivity index (χ0v) is 20.3. The number of methoxy groups -OCH3 is 1. The number of aromatic amines is 1. The first-order valence-corrected chi connectivity index (χ1v) is 12.0. The van der Waals surface area contributed by atoms with Crippen LogP contribution in [0.1, 0.15) is 30.1 Å². The fraction of sp³-hybridized carbons (Fsp3) is 0.296. The molecule has 0 bridgehead atoms. The Bertz CT molecular complexity index is 1450. The van der Waals surface area contributed by atoms with Crippen LogP contribution in [0, 0.1) is 6.92 Å². The number of likely N-dealkylation sites (tertiary alicyclic amines) is 1. The quantitative estimate of drug-likeness (QED) is 0.393. The molecular weight excluding hydrogens is 458 g/mol. The van der Waals surface area contributed by atoms with Crippen LogP contribution in [0.15, 0.2) is 59.5 Å². The minimum atomic E-state index is -0.160. The number of hydrogen-bond donors (Lipinski definition) is 3. The molecule has 0 spiro atoms. The van der Waals surface area contributed by atoms with E-state index in [0.29, 0.717) is 37.3 Å². The van der Waals surface area contributed by atoms with Gasteiger partial charge in [0.05, 0.1) is 30.4 Å². The van der Waals surface area contributed by atoms with Crippen molar-refractivity contribution in [2.45, 2.75) is 32.4 Å². The topological polar surface area (TPSA) is 112 Å². The first-order chi connectivity index (χ1) is 17.5. The van der Waals surface area contributed by atoms with E-state index in [1.807, 2.05) is 54.0 Å². The number of nitrogens with zero attached hydrogens (tertiary/aromatic N) is 3. The monoisotopic (exact) mass is 487 g/mol. The second-order valence-electron chi connectivity index (χ2n) is 9.03. The smallest absolute Gasteiger partial charge is 0.326 e. The molecule has 1 saturated heterocycles.